The summed E-state index contributed by atoms with van der Waals surface area (Å²) in [5.74, 6) is 2.22. The second kappa shape index (κ2) is 8.10. The predicted octanol–water partition coefficient (Wildman–Crippen LogP) is 2.90. The Kier molecular flexibility index (Phi) is 5.20. The van der Waals surface area contributed by atoms with E-state index in [0.717, 1.165) is 36.3 Å². The third-order valence-electron chi connectivity index (χ3n) is 4.36. The Morgan fingerprint density at radius 3 is 2.82 bits per heavy atom. The van der Waals surface area contributed by atoms with Crippen molar-refractivity contribution >= 4 is 17.5 Å². The highest BCUT2D eigenvalue weighted by atomic mass is 16.5. The number of rotatable bonds is 7. The zero-order chi connectivity index (χ0) is 19.3. The van der Waals surface area contributed by atoms with Crippen LogP contribution in [0.5, 0.6) is 0 Å². The minimum Gasteiger partial charge on any atom is -0.491 e. The van der Waals surface area contributed by atoms with Gasteiger partial charge in [0, 0.05) is 24.7 Å². The third-order valence-corrected chi connectivity index (χ3v) is 4.36. The number of aromatic nitrogens is 3. The standard InChI is InChI=1S/C20H22N6O2/c21-7-3-8-23-16-12-13(6-9-24-16)17-18(14-4-1-10-27-14)25-20(22)26-19(17)15-5-2-11-28-15/h1,4-6,9-10,12H,2-3,7-8,11,21H2,(H,23,24)(H2,22,25,26). The number of furan rings is 1. The molecule has 1 aliphatic heterocycles. The molecule has 1 aliphatic rings. The van der Waals surface area contributed by atoms with Crippen molar-refractivity contribution in [1.29, 1.82) is 0 Å². The zero-order valence-corrected chi connectivity index (χ0v) is 15.4. The fourth-order valence-electron chi connectivity index (χ4n) is 3.11. The van der Waals surface area contributed by atoms with E-state index < -0.39 is 0 Å². The molecule has 0 radical (unpaired) electrons. The minimum absolute atomic E-state index is 0.164. The number of anilines is 2. The van der Waals surface area contributed by atoms with Crippen LogP contribution in [0.4, 0.5) is 11.8 Å². The predicted molar refractivity (Wildman–Crippen MR) is 108 cm³/mol. The van der Waals surface area contributed by atoms with Crippen molar-refractivity contribution in [3.63, 3.8) is 0 Å². The van der Waals surface area contributed by atoms with Gasteiger partial charge in [0.15, 0.2) is 5.76 Å². The van der Waals surface area contributed by atoms with Crippen molar-refractivity contribution in [2.75, 3.05) is 30.7 Å². The summed E-state index contributed by atoms with van der Waals surface area (Å²) >= 11 is 0. The molecule has 8 heteroatoms. The summed E-state index contributed by atoms with van der Waals surface area (Å²) < 4.78 is 11.4. The molecule has 0 spiro atoms. The lowest BCUT2D eigenvalue weighted by Gasteiger charge is -2.15. The molecule has 5 N–H and O–H groups in total. The molecule has 0 saturated heterocycles. The molecule has 3 aromatic heterocycles. The van der Waals surface area contributed by atoms with Gasteiger partial charge in [-0.2, -0.15) is 0 Å². The molecule has 4 heterocycles. The number of ether oxygens (including phenoxy) is 1. The Morgan fingerprint density at radius 2 is 2.07 bits per heavy atom. The van der Waals surface area contributed by atoms with Gasteiger partial charge in [0.2, 0.25) is 5.95 Å². The summed E-state index contributed by atoms with van der Waals surface area (Å²) in [7, 11) is 0. The second-order valence-electron chi connectivity index (χ2n) is 6.34. The van der Waals surface area contributed by atoms with Crippen molar-refractivity contribution in [3.8, 4) is 22.6 Å². The molecule has 0 saturated carbocycles. The molecule has 0 amide bonds. The van der Waals surface area contributed by atoms with E-state index in [1.165, 1.54) is 0 Å². The van der Waals surface area contributed by atoms with Crippen LogP contribution in [0.15, 0.2) is 47.2 Å². The molecule has 3 aromatic rings. The number of nitrogens with two attached hydrogens (primary N) is 2. The van der Waals surface area contributed by atoms with Gasteiger partial charge in [-0.25, -0.2) is 15.0 Å². The van der Waals surface area contributed by atoms with Crippen molar-refractivity contribution in [1.82, 2.24) is 15.0 Å². The normalized spacial score (nSPS) is 13.2. The van der Waals surface area contributed by atoms with E-state index >= 15 is 0 Å². The third kappa shape index (κ3) is 3.67. The lowest BCUT2D eigenvalue weighted by atomic mass is 10.00. The van der Waals surface area contributed by atoms with E-state index in [4.69, 9.17) is 20.6 Å². The summed E-state index contributed by atoms with van der Waals surface area (Å²) in [6.45, 7) is 1.99. The number of nitrogens with one attached hydrogen (secondary N) is 1. The van der Waals surface area contributed by atoms with Gasteiger partial charge in [-0.3, -0.25) is 0 Å². The number of hydrogen-bond acceptors (Lipinski definition) is 8. The van der Waals surface area contributed by atoms with E-state index in [0.29, 0.717) is 36.1 Å². The summed E-state index contributed by atoms with van der Waals surface area (Å²) in [5.41, 5.74) is 14.5. The number of nitrogens with zero attached hydrogens (tertiary/aromatic N) is 3. The van der Waals surface area contributed by atoms with Crippen molar-refractivity contribution in [3.05, 3.63) is 48.5 Å². The van der Waals surface area contributed by atoms with Crippen LogP contribution in [-0.2, 0) is 4.74 Å². The van der Waals surface area contributed by atoms with Crippen molar-refractivity contribution in [2.45, 2.75) is 12.8 Å². The highest BCUT2D eigenvalue weighted by Crippen LogP contribution is 2.38. The minimum atomic E-state index is 0.164. The topological polar surface area (TPSA) is 125 Å². The van der Waals surface area contributed by atoms with Crippen molar-refractivity contribution in [2.24, 2.45) is 5.73 Å². The first-order valence-corrected chi connectivity index (χ1v) is 9.21. The Morgan fingerprint density at radius 1 is 1.18 bits per heavy atom. The molecule has 0 unspecified atom stereocenters. The molecule has 8 nitrogen and oxygen atoms in total. The van der Waals surface area contributed by atoms with E-state index in [9.17, 15) is 0 Å². The Balaban J connectivity index is 1.86. The van der Waals surface area contributed by atoms with Gasteiger partial charge in [-0.05, 0) is 48.9 Å². The van der Waals surface area contributed by atoms with Gasteiger partial charge in [0.25, 0.3) is 0 Å². The van der Waals surface area contributed by atoms with Gasteiger partial charge >= 0.3 is 0 Å². The number of nitrogen functional groups attached to an aromatic ring is 1. The molecular weight excluding hydrogens is 356 g/mol. The summed E-state index contributed by atoms with van der Waals surface area (Å²) in [4.78, 5) is 13.3. The van der Waals surface area contributed by atoms with Crippen LogP contribution >= 0.6 is 0 Å². The van der Waals surface area contributed by atoms with Crippen LogP contribution < -0.4 is 16.8 Å². The van der Waals surface area contributed by atoms with E-state index in [1.807, 2.05) is 30.3 Å². The number of hydrogen-bond donors (Lipinski definition) is 3. The number of pyridine rings is 1. The highest BCUT2D eigenvalue weighted by molar-refractivity contribution is 5.88. The summed E-state index contributed by atoms with van der Waals surface area (Å²) in [6.07, 6.45) is 7.06. The van der Waals surface area contributed by atoms with Gasteiger partial charge < -0.3 is 25.9 Å². The molecule has 0 atom stereocenters. The maximum Gasteiger partial charge on any atom is 0.221 e. The largest absolute Gasteiger partial charge is 0.491 e. The average molecular weight is 378 g/mol. The molecule has 4 rings (SSSR count). The van der Waals surface area contributed by atoms with Gasteiger partial charge in [0.1, 0.15) is 23.0 Å². The maximum absolute atomic E-state index is 6.01. The molecule has 28 heavy (non-hydrogen) atoms. The van der Waals surface area contributed by atoms with E-state index in [2.05, 4.69) is 20.3 Å². The van der Waals surface area contributed by atoms with Gasteiger partial charge in [-0.15, -0.1) is 0 Å². The molecule has 0 aliphatic carbocycles. The highest BCUT2D eigenvalue weighted by Gasteiger charge is 2.23. The lowest BCUT2D eigenvalue weighted by Crippen LogP contribution is -2.09. The average Bonchev–Trinajstić information content (AvgIpc) is 3.42. The fourth-order valence-corrected chi connectivity index (χ4v) is 3.11. The van der Waals surface area contributed by atoms with Crippen LogP contribution in [-0.4, -0.2) is 34.6 Å². The SMILES string of the molecule is NCCCNc1cc(-c2c(C3=CCCO3)nc(N)nc2-c2ccco2)ccn1. The monoisotopic (exact) mass is 378 g/mol. The molecular formula is C20H22N6O2. The van der Waals surface area contributed by atoms with Gasteiger partial charge in [0.05, 0.1) is 12.9 Å². The van der Waals surface area contributed by atoms with Crippen molar-refractivity contribution < 1.29 is 9.15 Å². The van der Waals surface area contributed by atoms with Crippen LogP contribution in [0.25, 0.3) is 28.3 Å². The summed E-state index contributed by atoms with van der Waals surface area (Å²) in [6, 6.07) is 7.53. The first-order valence-electron chi connectivity index (χ1n) is 9.21. The Bertz CT molecular complexity index is 984. The van der Waals surface area contributed by atoms with E-state index in [-0.39, 0.29) is 5.95 Å². The first kappa shape index (κ1) is 18.0. The molecule has 0 aromatic carbocycles. The maximum atomic E-state index is 6.01. The lowest BCUT2D eigenvalue weighted by molar-refractivity contribution is 0.306. The van der Waals surface area contributed by atoms with Crippen LogP contribution in [0.2, 0.25) is 0 Å². The quantitative estimate of drug-likeness (QED) is 0.536. The van der Waals surface area contributed by atoms with Gasteiger partial charge in [-0.1, -0.05) is 0 Å². The van der Waals surface area contributed by atoms with Crippen LogP contribution in [0.3, 0.4) is 0 Å². The zero-order valence-electron chi connectivity index (χ0n) is 15.4. The summed E-state index contributed by atoms with van der Waals surface area (Å²) in [5, 5.41) is 3.28. The Labute approximate surface area is 162 Å². The molecule has 0 fully saturated rings. The molecule has 0 bridgehead atoms. The van der Waals surface area contributed by atoms with Crippen LogP contribution in [0, 0.1) is 0 Å². The fraction of sp³-hybridized carbons (Fsp3) is 0.250. The van der Waals surface area contributed by atoms with E-state index in [1.54, 1.807) is 12.5 Å². The molecule has 144 valence electrons. The van der Waals surface area contributed by atoms with Crippen LogP contribution in [0.1, 0.15) is 18.5 Å². The first-order chi connectivity index (χ1) is 13.8. The Hall–Kier alpha value is -3.39. The smallest absolute Gasteiger partial charge is 0.221 e. The second-order valence-corrected chi connectivity index (χ2v) is 6.34.